The van der Waals surface area contributed by atoms with Crippen LogP contribution in [0.5, 0.6) is 0 Å². The molecule has 1 aromatic heterocycles. The summed E-state index contributed by atoms with van der Waals surface area (Å²) in [4.78, 5) is 31.9. The molecule has 2 aromatic rings. The van der Waals surface area contributed by atoms with Gasteiger partial charge in [-0.2, -0.15) is 0 Å². The van der Waals surface area contributed by atoms with Crippen molar-refractivity contribution < 1.29 is 9.59 Å². The molecule has 0 bridgehead atoms. The van der Waals surface area contributed by atoms with Crippen molar-refractivity contribution in [3.8, 4) is 0 Å². The normalized spacial score (nSPS) is 10.5. The summed E-state index contributed by atoms with van der Waals surface area (Å²) in [6, 6.07) is 9.91. The lowest BCUT2D eigenvalue weighted by Gasteiger charge is -2.20. The Bertz CT molecular complexity index is 704. The Morgan fingerprint density at radius 3 is 2.65 bits per heavy atom. The number of benzene rings is 1. The minimum Gasteiger partial charge on any atom is -0.351 e. The van der Waals surface area contributed by atoms with Gasteiger partial charge in [-0.1, -0.05) is 32.0 Å². The van der Waals surface area contributed by atoms with Crippen LogP contribution in [0, 0.1) is 0 Å². The Kier molecular flexibility index (Phi) is 8.64. The van der Waals surface area contributed by atoms with Crippen molar-refractivity contribution in [1.29, 1.82) is 0 Å². The van der Waals surface area contributed by atoms with E-state index in [0.717, 1.165) is 22.7 Å². The molecule has 0 saturated carbocycles. The first-order valence-corrected chi connectivity index (χ1v) is 10.7. The second-order valence-corrected chi connectivity index (χ2v) is 7.79. The predicted octanol–water partition coefficient (Wildman–Crippen LogP) is 3.81. The summed E-state index contributed by atoms with van der Waals surface area (Å²) in [7, 11) is 0. The highest BCUT2D eigenvalue weighted by Crippen LogP contribution is 2.19. The fourth-order valence-electron chi connectivity index (χ4n) is 2.30. The highest BCUT2D eigenvalue weighted by molar-refractivity contribution is 8.00. The number of aromatic nitrogens is 1. The molecule has 26 heavy (non-hydrogen) atoms. The highest BCUT2D eigenvalue weighted by Gasteiger charge is 2.17. The van der Waals surface area contributed by atoms with Crippen LogP contribution in [0.4, 0.5) is 0 Å². The molecule has 0 atom stereocenters. The molecule has 0 spiro atoms. The van der Waals surface area contributed by atoms with Gasteiger partial charge < -0.3 is 10.2 Å². The van der Waals surface area contributed by atoms with Gasteiger partial charge in [0.25, 0.3) is 5.91 Å². The maximum Gasteiger partial charge on any atom is 0.270 e. The van der Waals surface area contributed by atoms with Gasteiger partial charge in [-0.05, 0) is 25.0 Å². The quantitative estimate of drug-likeness (QED) is 0.626. The summed E-state index contributed by atoms with van der Waals surface area (Å²) in [5.41, 5.74) is 0.431. The molecule has 7 heteroatoms. The van der Waals surface area contributed by atoms with E-state index in [9.17, 15) is 9.59 Å². The zero-order valence-electron chi connectivity index (χ0n) is 15.2. The monoisotopic (exact) mass is 391 g/mol. The van der Waals surface area contributed by atoms with Gasteiger partial charge in [0.2, 0.25) is 5.91 Å². The minimum absolute atomic E-state index is 0.0906. The van der Waals surface area contributed by atoms with Gasteiger partial charge in [0.15, 0.2) is 0 Å². The van der Waals surface area contributed by atoms with Crippen molar-refractivity contribution in [2.75, 3.05) is 18.8 Å². The van der Waals surface area contributed by atoms with Crippen LogP contribution in [0.25, 0.3) is 0 Å². The molecule has 0 radical (unpaired) electrons. The standard InChI is InChI=1S/C19H25N3O2S2/c1-3-10-20-19(24)16-13-26-17(21-16)12-22(11-4-2)18(23)14-25-15-8-6-5-7-9-15/h5-9,13H,3-4,10-12,14H2,1-2H3,(H,20,24). The summed E-state index contributed by atoms with van der Waals surface area (Å²) in [6.45, 7) is 5.84. The average molecular weight is 392 g/mol. The van der Waals surface area contributed by atoms with E-state index in [1.165, 1.54) is 11.3 Å². The molecular formula is C19H25N3O2S2. The van der Waals surface area contributed by atoms with Crippen LogP contribution in [0.15, 0.2) is 40.6 Å². The van der Waals surface area contributed by atoms with Crippen molar-refractivity contribution >= 4 is 34.9 Å². The molecule has 0 unspecified atom stereocenters. The first-order chi connectivity index (χ1) is 12.6. The number of carbonyl (C=O) groups excluding carboxylic acids is 2. The minimum atomic E-state index is -0.151. The predicted molar refractivity (Wildman–Crippen MR) is 108 cm³/mol. The van der Waals surface area contributed by atoms with Crippen LogP contribution in [0.2, 0.25) is 0 Å². The second-order valence-electron chi connectivity index (χ2n) is 5.80. The molecule has 2 amide bonds. The van der Waals surface area contributed by atoms with Gasteiger partial charge in [-0.3, -0.25) is 9.59 Å². The highest BCUT2D eigenvalue weighted by atomic mass is 32.2. The molecule has 2 rings (SSSR count). The van der Waals surface area contributed by atoms with Crippen molar-refractivity contribution in [2.45, 2.75) is 38.1 Å². The Hall–Kier alpha value is -1.86. The largest absolute Gasteiger partial charge is 0.351 e. The summed E-state index contributed by atoms with van der Waals surface area (Å²) in [5, 5.41) is 5.37. The number of carbonyl (C=O) groups is 2. The lowest BCUT2D eigenvalue weighted by Crippen LogP contribution is -2.32. The Labute approximate surface area is 163 Å². The smallest absolute Gasteiger partial charge is 0.270 e. The van der Waals surface area contributed by atoms with Gasteiger partial charge in [0, 0.05) is 23.4 Å². The van der Waals surface area contributed by atoms with E-state index in [1.54, 1.807) is 17.1 Å². The fraction of sp³-hybridized carbons (Fsp3) is 0.421. The van der Waals surface area contributed by atoms with Crippen molar-refractivity contribution in [2.24, 2.45) is 0 Å². The molecule has 0 aliphatic heterocycles. The zero-order chi connectivity index (χ0) is 18.8. The maximum atomic E-state index is 12.6. The molecule has 140 valence electrons. The number of hydrogen-bond acceptors (Lipinski definition) is 5. The van der Waals surface area contributed by atoms with E-state index in [2.05, 4.69) is 17.2 Å². The third kappa shape index (κ3) is 6.46. The van der Waals surface area contributed by atoms with Crippen molar-refractivity contribution in [3.05, 3.63) is 46.4 Å². The number of rotatable bonds is 10. The van der Waals surface area contributed by atoms with E-state index in [0.29, 0.717) is 31.1 Å². The van der Waals surface area contributed by atoms with Crippen LogP contribution < -0.4 is 5.32 Å². The number of amides is 2. The maximum absolute atomic E-state index is 12.6. The van der Waals surface area contributed by atoms with Gasteiger partial charge >= 0.3 is 0 Å². The lowest BCUT2D eigenvalue weighted by molar-refractivity contribution is -0.129. The Morgan fingerprint density at radius 2 is 1.96 bits per heavy atom. The third-order valence-corrected chi connectivity index (χ3v) is 5.43. The average Bonchev–Trinajstić information content (AvgIpc) is 3.13. The van der Waals surface area contributed by atoms with Gasteiger partial charge in [0.1, 0.15) is 10.7 Å². The van der Waals surface area contributed by atoms with Crippen LogP contribution in [0.1, 0.15) is 42.2 Å². The van der Waals surface area contributed by atoms with E-state index in [4.69, 9.17) is 0 Å². The van der Waals surface area contributed by atoms with Crippen LogP contribution in [-0.4, -0.2) is 40.5 Å². The topological polar surface area (TPSA) is 62.3 Å². The molecule has 1 aromatic carbocycles. The Balaban J connectivity index is 1.93. The van der Waals surface area contributed by atoms with Crippen molar-refractivity contribution in [1.82, 2.24) is 15.2 Å². The van der Waals surface area contributed by atoms with Gasteiger partial charge in [0.05, 0.1) is 12.3 Å². The fourth-order valence-corrected chi connectivity index (χ4v) is 3.91. The van der Waals surface area contributed by atoms with Gasteiger partial charge in [-0.15, -0.1) is 23.1 Å². The lowest BCUT2D eigenvalue weighted by atomic mass is 10.4. The van der Waals surface area contributed by atoms with E-state index >= 15 is 0 Å². The van der Waals surface area contributed by atoms with E-state index < -0.39 is 0 Å². The van der Waals surface area contributed by atoms with Gasteiger partial charge in [-0.25, -0.2) is 4.98 Å². The second kappa shape index (κ2) is 11.0. The molecule has 5 nitrogen and oxygen atoms in total. The summed E-state index contributed by atoms with van der Waals surface area (Å²) >= 11 is 2.96. The van der Waals surface area contributed by atoms with E-state index in [1.807, 2.05) is 42.2 Å². The molecule has 0 aliphatic carbocycles. The summed E-state index contributed by atoms with van der Waals surface area (Å²) in [5.74, 6) is 0.342. The first kappa shape index (κ1) is 20.5. The SMILES string of the molecule is CCCNC(=O)c1csc(CN(CCC)C(=O)CSc2ccccc2)n1. The molecule has 0 aliphatic rings. The zero-order valence-corrected chi connectivity index (χ0v) is 16.9. The molecule has 1 heterocycles. The number of thiazole rings is 1. The first-order valence-electron chi connectivity index (χ1n) is 8.82. The number of nitrogens with one attached hydrogen (secondary N) is 1. The number of thioether (sulfide) groups is 1. The number of hydrogen-bond donors (Lipinski definition) is 1. The van der Waals surface area contributed by atoms with E-state index in [-0.39, 0.29) is 11.8 Å². The van der Waals surface area contributed by atoms with Crippen LogP contribution in [-0.2, 0) is 11.3 Å². The summed E-state index contributed by atoms with van der Waals surface area (Å²) < 4.78 is 0. The van der Waals surface area contributed by atoms with Crippen molar-refractivity contribution in [3.63, 3.8) is 0 Å². The summed E-state index contributed by atoms with van der Waals surface area (Å²) in [6.07, 6.45) is 1.78. The van der Waals surface area contributed by atoms with Crippen LogP contribution >= 0.6 is 23.1 Å². The molecule has 1 N–H and O–H groups in total. The third-order valence-electron chi connectivity index (χ3n) is 3.60. The van der Waals surface area contributed by atoms with Crippen LogP contribution in [0.3, 0.4) is 0 Å². The molecular weight excluding hydrogens is 366 g/mol. The number of nitrogens with zero attached hydrogens (tertiary/aromatic N) is 2. The molecule has 0 saturated heterocycles. The Morgan fingerprint density at radius 1 is 1.19 bits per heavy atom. The molecule has 0 fully saturated rings.